The molecule has 1 aromatic rings. The summed E-state index contributed by atoms with van der Waals surface area (Å²) in [4.78, 5) is 21.7. The van der Waals surface area contributed by atoms with Gasteiger partial charge in [0.25, 0.3) is 0 Å². The van der Waals surface area contributed by atoms with Crippen LogP contribution in [0.15, 0.2) is 18.6 Å². The minimum absolute atomic E-state index is 0.144. The van der Waals surface area contributed by atoms with Crippen molar-refractivity contribution in [2.24, 2.45) is 5.92 Å². The molecule has 1 fully saturated rings. The summed E-state index contributed by atoms with van der Waals surface area (Å²) < 4.78 is 0. The number of amides is 1. The van der Waals surface area contributed by atoms with Gasteiger partial charge in [0.1, 0.15) is 12.1 Å². The zero-order chi connectivity index (χ0) is 12.1. The van der Waals surface area contributed by atoms with Gasteiger partial charge in [-0.15, -0.1) is 0 Å². The van der Waals surface area contributed by atoms with Crippen molar-refractivity contribution >= 4 is 11.7 Å². The average Bonchev–Trinajstić information content (AvgIpc) is 2.40. The molecule has 0 atom stereocenters. The molecule has 0 unspecified atom stereocenters. The Hall–Kier alpha value is -1.65. The van der Waals surface area contributed by atoms with Gasteiger partial charge in [0.2, 0.25) is 5.91 Å². The van der Waals surface area contributed by atoms with E-state index in [9.17, 15) is 4.79 Å². The van der Waals surface area contributed by atoms with Crippen molar-refractivity contribution in [1.29, 1.82) is 0 Å². The van der Waals surface area contributed by atoms with Crippen LogP contribution in [0.25, 0.3) is 0 Å². The van der Waals surface area contributed by atoms with Crippen LogP contribution in [0.1, 0.15) is 19.3 Å². The van der Waals surface area contributed by atoms with Gasteiger partial charge in [0.05, 0.1) is 0 Å². The van der Waals surface area contributed by atoms with E-state index >= 15 is 0 Å². The Balaban J connectivity index is 1.84. The number of carbonyl (C=O) groups is 1. The first-order valence-corrected chi connectivity index (χ1v) is 6.01. The number of hydrogen-bond donors (Lipinski definition) is 1. The molecule has 0 aromatic carbocycles. The maximum absolute atomic E-state index is 11.3. The molecule has 92 valence electrons. The highest BCUT2D eigenvalue weighted by atomic mass is 16.1. The number of nitrogens with zero attached hydrogens (tertiary/aromatic N) is 3. The van der Waals surface area contributed by atoms with Gasteiger partial charge in [-0.3, -0.25) is 4.79 Å². The van der Waals surface area contributed by atoms with E-state index in [4.69, 9.17) is 0 Å². The van der Waals surface area contributed by atoms with Crippen molar-refractivity contribution in [2.75, 3.05) is 25.0 Å². The first-order valence-electron chi connectivity index (χ1n) is 6.01. The zero-order valence-electron chi connectivity index (χ0n) is 10.1. The lowest BCUT2D eigenvalue weighted by atomic mass is 9.93. The van der Waals surface area contributed by atoms with E-state index in [1.807, 2.05) is 6.07 Å². The third kappa shape index (κ3) is 3.15. The fourth-order valence-corrected chi connectivity index (χ4v) is 2.20. The van der Waals surface area contributed by atoms with E-state index in [1.54, 1.807) is 19.6 Å². The monoisotopic (exact) mass is 234 g/mol. The van der Waals surface area contributed by atoms with E-state index in [1.165, 1.54) is 0 Å². The number of aromatic nitrogens is 2. The van der Waals surface area contributed by atoms with E-state index in [-0.39, 0.29) is 5.91 Å². The topological polar surface area (TPSA) is 58.1 Å². The summed E-state index contributed by atoms with van der Waals surface area (Å²) in [5, 5.41) is 2.68. The van der Waals surface area contributed by atoms with E-state index < -0.39 is 0 Å². The van der Waals surface area contributed by atoms with Crippen LogP contribution in [0.5, 0.6) is 0 Å². The molecular weight excluding hydrogens is 216 g/mol. The van der Waals surface area contributed by atoms with Crippen LogP contribution in [0, 0.1) is 5.92 Å². The summed E-state index contributed by atoms with van der Waals surface area (Å²) in [5.41, 5.74) is 0. The summed E-state index contributed by atoms with van der Waals surface area (Å²) in [6, 6.07) is 1.93. The first-order chi connectivity index (χ1) is 8.29. The highest BCUT2D eigenvalue weighted by Crippen LogP contribution is 2.23. The summed E-state index contributed by atoms with van der Waals surface area (Å²) in [6.07, 6.45) is 6.09. The minimum Gasteiger partial charge on any atom is -0.359 e. The molecule has 1 amide bonds. The molecule has 1 aromatic heterocycles. The van der Waals surface area contributed by atoms with Gasteiger partial charge in [-0.1, -0.05) is 0 Å². The molecule has 1 aliphatic rings. The summed E-state index contributed by atoms with van der Waals surface area (Å²) in [7, 11) is 1.69. The van der Waals surface area contributed by atoms with Crippen LogP contribution in [0.4, 0.5) is 5.82 Å². The molecule has 0 radical (unpaired) electrons. The molecule has 2 heterocycles. The van der Waals surface area contributed by atoms with Crippen LogP contribution in [-0.2, 0) is 4.79 Å². The van der Waals surface area contributed by atoms with E-state index in [0.717, 1.165) is 31.7 Å². The lowest BCUT2D eigenvalue weighted by molar-refractivity contribution is -0.121. The van der Waals surface area contributed by atoms with Crippen molar-refractivity contribution in [3.8, 4) is 0 Å². The molecule has 0 saturated carbocycles. The smallest absolute Gasteiger partial charge is 0.220 e. The van der Waals surface area contributed by atoms with Gasteiger partial charge < -0.3 is 10.2 Å². The predicted octanol–water partition coefficient (Wildman–Crippen LogP) is 0.829. The molecule has 1 saturated heterocycles. The summed E-state index contributed by atoms with van der Waals surface area (Å²) in [6.45, 7) is 1.94. The number of rotatable bonds is 3. The Morgan fingerprint density at radius 3 is 2.88 bits per heavy atom. The number of hydrogen-bond acceptors (Lipinski definition) is 4. The van der Waals surface area contributed by atoms with Gasteiger partial charge in [0, 0.05) is 32.8 Å². The Morgan fingerprint density at radius 2 is 2.29 bits per heavy atom. The summed E-state index contributed by atoms with van der Waals surface area (Å²) in [5.74, 6) is 1.64. The van der Waals surface area contributed by atoms with Gasteiger partial charge in [-0.2, -0.15) is 0 Å². The molecule has 5 heteroatoms. The second-order valence-electron chi connectivity index (χ2n) is 4.38. The minimum atomic E-state index is 0.144. The van der Waals surface area contributed by atoms with Crippen LogP contribution < -0.4 is 10.2 Å². The maximum Gasteiger partial charge on any atom is 0.220 e. The maximum atomic E-state index is 11.3. The van der Waals surface area contributed by atoms with Crippen LogP contribution >= 0.6 is 0 Å². The van der Waals surface area contributed by atoms with Gasteiger partial charge in [-0.05, 0) is 24.8 Å². The fraction of sp³-hybridized carbons (Fsp3) is 0.583. The Morgan fingerprint density at radius 1 is 1.53 bits per heavy atom. The van der Waals surface area contributed by atoms with Gasteiger partial charge in [0.15, 0.2) is 0 Å². The molecular formula is C12H18N4O. The number of carbonyl (C=O) groups excluding carboxylic acids is 1. The predicted molar refractivity (Wildman–Crippen MR) is 65.7 cm³/mol. The molecule has 0 aliphatic carbocycles. The molecule has 0 bridgehead atoms. The van der Waals surface area contributed by atoms with Crippen molar-refractivity contribution in [1.82, 2.24) is 15.3 Å². The van der Waals surface area contributed by atoms with Crippen molar-refractivity contribution in [3.05, 3.63) is 18.6 Å². The SMILES string of the molecule is CNC(=O)CC1CCN(c2ccncn2)CC1. The Labute approximate surface area is 101 Å². The molecule has 17 heavy (non-hydrogen) atoms. The molecule has 1 aliphatic heterocycles. The lowest BCUT2D eigenvalue weighted by Crippen LogP contribution is -2.35. The molecule has 2 rings (SSSR count). The van der Waals surface area contributed by atoms with Crippen LogP contribution in [-0.4, -0.2) is 36.0 Å². The standard InChI is InChI=1S/C12H18N4O/c1-13-12(17)8-10-3-6-16(7-4-10)11-2-5-14-9-15-11/h2,5,9-10H,3-4,6-8H2,1H3,(H,13,17). The van der Waals surface area contributed by atoms with Crippen molar-refractivity contribution < 1.29 is 4.79 Å². The Kier molecular flexibility index (Phi) is 3.90. The quantitative estimate of drug-likeness (QED) is 0.841. The lowest BCUT2D eigenvalue weighted by Gasteiger charge is -2.32. The fourth-order valence-electron chi connectivity index (χ4n) is 2.20. The number of nitrogens with one attached hydrogen (secondary N) is 1. The zero-order valence-corrected chi connectivity index (χ0v) is 10.1. The second kappa shape index (κ2) is 5.61. The van der Waals surface area contributed by atoms with E-state index in [2.05, 4.69) is 20.2 Å². The van der Waals surface area contributed by atoms with Gasteiger partial charge in [-0.25, -0.2) is 9.97 Å². The summed E-state index contributed by atoms with van der Waals surface area (Å²) >= 11 is 0. The third-order valence-electron chi connectivity index (χ3n) is 3.26. The van der Waals surface area contributed by atoms with E-state index in [0.29, 0.717) is 12.3 Å². The molecule has 1 N–H and O–H groups in total. The highest BCUT2D eigenvalue weighted by molar-refractivity contribution is 5.75. The number of anilines is 1. The van der Waals surface area contributed by atoms with Gasteiger partial charge >= 0.3 is 0 Å². The molecule has 0 spiro atoms. The van der Waals surface area contributed by atoms with Crippen LogP contribution in [0.3, 0.4) is 0 Å². The average molecular weight is 234 g/mol. The van der Waals surface area contributed by atoms with Crippen molar-refractivity contribution in [2.45, 2.75) is 19.3 Å². The first kappa shape index (κ1) is 11.8. The largest absolute Gasteiger partial charge is 0.359 e. The molecule has 5 nitrogen and oxygen atoms in total. The van der Waals surface area contributed by atoms with Crippen molar-refractivity contribution in [3.63, 3.8) is 0 Å². The Bertz CT molecular complexity index is 360. The highest BCUT2D eigenvalue weighted by Gasteiger charge is 2.21. The number of piperidine rings is 1. The van der Waals surface area contributed by atoms with Crippen LogP contribution in [0.2, 0.25) is 0 Å². The normalized spacial score (nSPS) is 16.9. The third-order valence-corrected chi connectivity index (χ3v) is 3.26. The second-order valence-corrected chi connectivity index (χ2v) is 4.38.